The predicted octanol–water partition coefficient (Wildman–Crippen LogP) is 7.62. The summed E-state index contributed by atoms with van der Waals surface area (Å²) in [5, 5.41) is 12.6. The van der Waals surface area contributed by atoms with Crippen LogP contribution in [0.1, 0.15) is 28.4 Å². The fourth-order valence-corrected chi connectivity index (χ4v) is 4.45. The van der Waals surface area contributed by atoms with Gasteiger partial charge < -0.3 is 24.6 Å². The maximum absolute atomic E-state index is 12.7. The number of rotatable bonds is 6. The average Bonchev–Trinajstić information content (AvgIpc) is 2.90. The largest absolute Gasteiger partial charge is 0.506 e. The molecule has 38 heavy (non-hydrogen) atoms. The van der Waals surface area contributed by atoms with Crippen molar-refractivity contribution >= 4 is 41.1 Å². The van der Waals surface area contributed by atoms with E-state index in [1.807, 2.05) is 24.3 Å². The van der Waals surface area contributed by atoms with Crippen LogP contribution in [0.15, 0.2) is 79.0 Å². The number of benzene rings is 3. The first kappa shape index (κ1) is 25.4. The maximum Gasteiger partial charge on any atom is 0.506 e. The number of hydrogen-bond donors (Lipinski definition) is 2. The van der Waals surface area contributed by atoms with Crippen molar-refractivity contribution in [3.8, 4) is 28.4 Å². The third-order valence-electron chi connectivity index (χ3n) is 5.83. The number of amides is 1. The zero-order chi connectivity index (χ0) is 26.6. The van der Waals surface area contributed by atoms with E-state index in [4.69, 9.17) is 42.5 Å². The fourth-order valence-electron chi connectivity index (χ4n) is 3.99. The number of nitrogens with one attached hydrogen (secondary N) is 1. The van der Waals surface area contributed by atoms with Gasteiger partial charge in [-0.15, -0.1) is 0 Å². The number of ether oxygens (including phenoxy) is 3. The van der Waals surface area contributed by atoms with Crippen LogP contribution < -0.4 is 14.8 Å². The van der Waals surface area contributed by atoms with Crippen LogP contribution in [0.25, 0.3) is 11.1 Å². The molecule has 0 fully saturated rings. The van der Waals surface area contributed by atoms with E-state index in [0.29, 0.717) is 52.2 Å². The van der Waals surface area contributed by atoms with Gasteiger partial charge in [-0.1, -0.05) is 41.4 Å². The van der Waals surface area contributed by atoms with Crippen LogP contribution in [0.2, 0.25) is 10.0 Å². The van der Waals surface area contributed by atoms with Crippen LogP contribution in [-0.2, 0) is 4.74 Å². The van der Waals surface area contributed by atoms with Gasteiger partial charge in [0.15, 0.2) is 0 Å². The van der Waals surface area contributed by atoms with Crippen molar-refractivity contribution in [2.24, 2.45) is 0 Å². The number of pyridine rings is 1. The average molecular weight is 551 g/mol. The topological polar surface area (TPSA) is 107 Å². The van der Waals surface area contributed by atoms with E-state index in [1.165, 1.54) is 0 Å². The van der Waals surface area contributed by atoms with Crippen molar-refractivity contribution in [2.75, 3.05) is 11.9 Å². The predicted molar refractivity (Wildman–Crippen MR) is 143 cm³/mol. The molecule has 1 unspecified atom stereocenters. The second-order valence-corrected chi connectivity index (χ2v) is 9.14. The van der Waals surface area contributed by atoms with E-state index in [9.17, 15) is 9.59 Å². The first-order valence-corrected chi connectivity index (χ1v) is 12.3. The number of carbonyl (C=O) groups excluding carboxylic acids is 1. The summed E-state index contributed by atoms with van der Waals surface area (Å²) in [6.45, 7) is 0.299. The number of carboxylic acid groups (broad SMARTS) is 1. The van der Waals surface area contributed by atoms with Gasteiger partial charge in [0.1, 0.15) is 29.2 Å². The molecule has 5 rings (SSSR count). The maximum atomic E-state index is 12.7. The number of carbonyl (C=O) groups is 2. The van der Waals surface area contributed by atoms with Gasteiger partial charge in [-0.05, 0) is 48.5 Å². The van der Waals surface area contributed by atoms with E-state index >= 15 is 0 Å². The lowest BCUT2D eigenvalue weighted by Crippen LogP contribution is -2.18. The Hall–Kier alpha value is -4.27. The summed E-state index contributed by atoms with van der Waals surface area (Å²) in [7, 11) is 0. The minimum absolute atomic E-state index is 0.265. The van der Waals surface area contributed by atoms with Crippen molar-refractivity contribution < 1.29 is 28.9 Å². The fraction of sp³-hybridized carbons (Fsp3) is 0.107. The van der Waals surface area contributed by atoms with Gasteiger partial charge in [0, 0.05) is 46.0 Å². The zero-order valence-corrected chi connectivity index (χ0v) is 21.2. The van der Waals surface area contributed by atoms with Gasteiger partial charge in [-0.25, -0.2) is 9.78 Å². The van der Waals surface area contributed by atoms with E-state index in [-0.39, 0.29) is 10.9 Å². The molecule has 1 atom stereocenters. The minimum Gasteiger partial charge on any atom is -0.493 e. The highest BCUT2D eigenvalue weighted by atomic mass is 35.5. The molecule has 8 nitrogen and oxygen atoms in total. The molecule has 0 bridgehead atoms. The monoisotopic (exact) mass is 550 g/mol. The zero-order valence-electron chi connectivity index (χ0n) is 19.7. The molecule has 0 spiro atoms. The number of fused-ring (bicyclic) bond motifs is 1. The third-order valence-corrected chi connectivity index (χ3v) is 6.45. The summed E-state index contributed by atoms with van der Waals surface area (Å²) in [4.78, 5) is 28.0. The van der Waals surface area contributed by atoms with Crippen molar-refractivity contribution in [1.29, 1.82) is 0 Å². The van der Waals surface area contributed by atoms with Crippen molar-refractivity contribution in [3.05, 3.63) is 100 Å². The van der Waals surface area contributed by atoms with Crippen LogP contribution in [0.3, 0.4) is 0 Å². The highest BCUT2D eigenvalue weighted by molar-refractivity contribution is 6.33. The molecule has 1 aliphatic heterocycles. The lowest BCUT2D eigenvalue weighted by atomic mass is 10.0. The normalized spacial score (nSPS) is 14.1. The Morgan fingerprint density at radius 3 is 2.50 bits per heavy atom. The Balaban J connectivity index is 1.25. The van der Waals surface area contributed by atoms with Crippen molar-refractivity contribution in [1.82, 2.24) is 4.98 Å². The molecule has 2 N–H and O–H groups in total. The molecule has 2 heterocycles. The molecule has 192 valence electrons. The number of halogens is 2. The minimum atomic E-state index is -1.37. The Labute approximate surface area is 227 Å². The Morgan fingerprint density at radius 1 is 1.00 bits per heavy atom. The van der Waals surface area contributed by atoms with Crippen LogP contribution in [-0.4, -0.2) is 28.8 Å². The molecule has 10 heteroatoms. The summed E-state index contributed by atoms with van der Waals surface area (Å²) < 4.78 is 16.5. The van der Waals surface area contributed by atoms with Crippen LogP contribution in [0.5, 0.6) is 17.2 Å². The summed E-state index contributed by atoms with van der Waals surface area (Å²) >= 11 is 12.6. The summed E-state index contributed by atoms with van der Waals surface area (Å²) in [6.07, 6.45) is 0.00619. The number of anilines is 1. The number of hydrogen-bond acceptors (Lipinski definition) is 6. The Morgan fingerprint density at radius 2 is 1.79 bits per heavy atom. The molecule has 4 aromatic rings. The second-order valence-electron chi connectivity index (χ2n) is 8.32. The van der Waals surface area contributed by atoms with Crippen molar-refractivity contribution in [2.45, 2.75) is 12.5 Å². The molecule has 1 amide bonds. The SMILES string of the molecule is O=C(O)OC1CCOc2cc(Oc3ccc(C(=O)Nc4ccc(-c5ccccc5Cl)cn4)cc3)c(Cl)cc21. The summed E-state index contributed by atoms with van der Waals surface area (Å²) in [5.41, 5.74) is 2.64. The van der Waals surface area contributed by atoms with Crippen LogP contribution in [0.4, 0.5) is 10.6 Å². The lowest BCUT2D eigenvalue weighted by Gasteiger charge is -2.25. The first-order valence-electron chi connectivity index (χ1n) is 11.5. The first-order chi connectivity index (χ1) is 18.4. The Bertz CT molecular complexity index is 1490. The molecule has 0 saturated carbocycles. The van der Waals surface area contributed by atoms with Gasteiger partial charge in [0.05, 0.1) is 11.6 Å². The molecular weight excluding hydrogens is 531 g/mol. The van der Waals surface area contributed by atoms with E-state index < -0.39 is 12.3 Å². The molecule has 0 aliphatic carbocycles. The van der Waals surface area contributed by atoms with Crippen LogP contribution in [0, 0.1) is 0 Å². The van der Waals surface area contributed by atoms with E-state index in [1.54, 1.807) is 54.7 Å². The van der Waals surface area contributed by atoms with Gasteiger partial charge in [0.2, 0.25) is 0 Å². The third kappa shape index (κ3) is 5.66. The smallest absolute Gasteiger partial charge is 0.493 e. The summed E-state index contributed by atoms with van der Waals surface area (Å²) in [5.74, 6) is 1.27. The van der Waals surface area contributed by atoms with Gasteiger partial charge >= 0.3 is 6.16 Å². The summed E-state index contributed by atoms with van der Waals surface area (Å²) in [6, 6.07) is 20.7. The van der Waals surface area contributed by atoms with Gasteiger partial charge in [0.25, 0.3) is 5.91 Å². The molecule has 3 aromatic carbocycles. The standard InChI is InChI=1S/C28H20Cl2N2O6/c29-21-4-2-1-3-19(21)17-7-10-26(31-15-17)32-27(33)16-5-8-18(9-6-16)37-25-14-24-20(13-22(25)30)23(11-12-36-24)38-28(34)35/h1-10,13-15,23H,11-12H2,(H,34,35)(H,31,32,33). The number of nitrogens with zero attached hydrogens (tertiary/aromatic N) is 1. The second kappa shape index (κ2) is 11.0. The number of aromatic nitrogens is 1. The lowest BCUT2D eigenvalue weighted by molar-refractivity contribution is 0.0326. The molecular formula is C28H20Cl2N2O6. The Kier molecular flexibility index (Phi) is 7.35. The van der Waals surface area contributed by atoms with Crippen molar-refractivity contribution in [3.63, 3.8) is 0 Å². The van der Waals surface area contributed by atoms with Gasteiger partial charge in [-0.3, -0.25) is 4.79 Å². The van der Waals surface area contributed by atoms with E-state index in [2.05, 4.69) is 10.3 Å². The molecule has 0 saturated heterocycles. The quantitative estimate of drug-likeness (QED) is 0.238. The molecule has 0 radical (unpaired) electrons. The molecule has 1 aliphatic rings. The highest BCUT2D eigenvalue weighted by Crippen LogP contribution is 2.42. The van der Waals surface area contributed by atoms with Crippen LogP contribution >= 0.6 is 23.2 Å². The highest BCUT2D eigenvalue weighted by Gasteiger charge is 2.27. The molecule has 1 aromatic heterocycles. The van der Waals surface area contributed by atoms with Gasteiger partial charge in [-0.2, -0.15) is 0 Å². The van der Waals surface area contributed by atoms with E-state index in [0.717, 1.165) is 11.1 Å².